The Morgan fingerprint density at radius 1 is 1.26 bits per heavy atom. The topological polar surface area (TPSA) is 73.1 Å². The monoisotopic (exact) mass is 374 g/mol. The van der Waals surface area contributed by atoms with Crippen LogP contribution < -0.4 is 9.47 Å². The van der Waals surface area contributed by atoms with Crippen molar-refractivity contribution in [3.8, 4) is 22.8 Å². The van der Waals surface area contributed by atoms with Gasteiger partial charge in [-0.15, -0.1) is 0 Å². The fourth-order valence-electron chi connectivity index (χ4n) is 2.69. The van der Waals surface area contributed by atoms with Gasteiger partial charge < -0.3 is 14.6 Å². The molecule has 1 aromatic carbocycles. The molecule has 3 aromatic rings. The summed E-state index contributed by atoms with van der Waals surface area (Å²) in [6.07, 6.45) is -0.131. The number of carbonyl (C=O) groups is 1. The molecule has 0 spiro atoms. The first-order chi connectivity index (χ1) is 11.1. The van der Waals surface area contributed by atoms with Crippen LogP contribution in [0.4, 0.5) is 0 Å². The standard InChI is InChI=1S/C16H11BrN2O4/c17-13-2-1-3-14-18-16(10(19(13)14)7-15(20)21)9-4-5-11-12(6-9)23-8-22-11/h1-6H,7-8H2,(H,20,21). The summed E-state index contributed by atoms with van der Waals surface area (Å²) in [6, 6.07) is 11.0. The summed E-state index contributed by atoms with van der Waals surface area (Å²) < 4.78 is 13.3. The average Bonchev–Trinajstić information content (AvgIpc) is 3.11. The van der Waals surface area contributed by atoms with Crippen LogP contribution in [0.25, 0.3) is 16.9 Å². The van der Waals surface area contributed by atoms with Crippen molar-refractivity contribution >= 4 is 27.5 Å². The van der Waals surface area contributed by atoms with E-state index in [2.05, 4.69) is 20.9 Å². The summed E-state index contributed by atoms with van der Waals surface area (Å²) in [5.41, 5.74) is 2.71. The van der Waals surface area contributed by atoms with Crippen molar-refractivity contribution in [2.24, 2.45) is 0 Å². The number of nitrogens with zero attached hydrogens (tertiary/aromatic N) is 2. The first kappa shape index (κ1) is 14.1. The maximum absolute atomic E-state index is 11.3. The molecule has 1 N–H and O–H groups in total. The largest absolute Gasteiger partial charge is 0.481 e. The average molecular weight is 375 g/mol. The lowest BCUT2D eigenvalue weighted by atomic mass is 10.1. The number of aliphatic carboxylic acids is 1. The lowest BCUT2D eigenvalue weighted by Crippen LogP contribution is -2.05. The van der Waals surface area contributed by atoms with E-state index in [1.165, 1.54) is 0 Å². The molecule has 3 heterocycles. The normalized spacial score (nSPS) is 12.7. The smallest absolute Gasteiger partial charge is 0.309 e. The van der Waals surface area contributed by atoms with Crippen LogP contribution in [0.15, 0.2) is 41.0 Å². The van der Waals surface area contributed by atoms with Crippen LogP contribution in [0.3, 0.4) is 0 Å². The molecule has 0 unspecified atom stereocenters. The number of aromatic nitrogens is 2. The minimum atomic E-state index is -0.912. The van der Waals surface area contributed by atoms with Gasteiger partial charge in [0, 0.05) is 5.56 Å². The van der Waals surface area contributed by atoms with Gasteiger partial charge in [-0.1, -0.05) is 6.07 Å². The summed E-state index contributed by atoms with van der Waals surface area (Å²) in [5, 5.41) is 9.26. The third kappa shape index (κ3) is 2.33. The first-order valence-electron chi connectivity index (χ1n) is 6.91. The molecule has 6 nitrogen and oxygen atoms in total. The minimum Gasteiger partial charge on any atom is -0.481 e. The fourth-order valence-corrected chi connectivity index (χ4v) is 3.24. The number of ether oxygens (including phenoxy) is 2. The Morgan fingerprint density at radius 2 is 2.09 bits per heavy atom. The van der Waals surface area contributed by atoms with Crippen molar-refractivity contribution < 1.29 is 19.4 Å². The zero-order chi connectivity index (χ0) is 16.0. The Bertz CT molecular complexity index is 935. The van der Waals surface area contributed by atoms with E-state index in [1.54, 1.807) is 10.5 Å². The van der Waals surface area contributed by atoms with Crippen LogP contribution in [-0.2, 0) is 11.2 Å². The third-order valence-corrected chi connectivity index (χ3v) is 4.28. The van der Waals surface area contributed by atoms with E-state index in [4.69, 9.17) is 9.47 Å². The number of hydrogen-bond acceptors (Lipinski definition) is 4. The number of halogens is 1. The Labute approximate surface area is 139 Å². The van der Waals surface area contributed by atoms with Gasteiger partial charge in [0.2, 0.25) is 6.79 Å². The second kappa shape index (κ2) is 5.27. The number of pyridine rings is 1. The predicted molar refractivity (Wildman–Crippen MR) is 85.8 cm³/mol. The molecule has 23 heavy (non-hydrogen) atoms. The highest BCUT2D eigenvalue weighted by Crippen LogP contribution is 2.37. The second-order valence-electron chi connectivity index (χ2n) is 5.09. The molecule has 0 saturated heterocycles. The van der Waals surface area contributed by atoms with Crippen molar-refractivity contribution in [3.05, 3.63) is 46.7 Å². The summed E-state index contributed by atoms with van der Waals surface area (Å²) in [7, 11) is 0. The van der Waals surface area contributed by atoms with Crippen molar-refractivity contribution in [2.45, 2.75) is 6.42 Å². The van der Waals surface area contributed by atoms with Crippen LogP contribution in [0.2, 0.25) is 0 Å². The highest BCUT2D eigenvalue weighted by atomic mass is 79.9. The van der Waals surface area contributed by atoms with E-state index >= 15 is 0 Å². The maximum Gasteiger partial charge on any atom is 0.309 e. The van der Waals surface area contributed by atoms with Gasteiger partial charge in [0.15, 0.2) is 11.5 Å². The summed E-state index contributed by atoms with van der Waals surface area (Å²) in [4.78, 5) is 15.9. The van der Waals surface area contributed by atoms with E-state index in [0.29, 0.717) is 28.5 Å². The molecule has 0 atom stereocenters. The highest BCUT2D eigenvalue weighted by Gasteiger charge is 2.21. The van der Waals surface area contributed by atoms with Crippen molar-refractivity contribution in [1.29, 1.82) is 0 Å². The number of benzene rings is 1. The Morgan fingerprint density at radius 3 is 2.91 bits per heavy atom. The molecule has 7 heteroatoms. The molecule has 0 fully saturated rings. The van der Waals surface area contributed by atoms with E-state index in [9.17, 15) is 9.90 Å². The van der Waals surface area contributed by atoms with Crippen LogP contribution in [0.1, 0.15) is 5.69 Å². The first-order valence-corrected chi connectivity index (χ1v) is 7.70. The number of imidazole rings is 1. The number of carboxylic acid groups (broad SMARTS) is 1. The molecular weight excluding hydrogens is 364 g/mol. The van der Waals surface area contributed by atoms with Crippen LogP contribution in [0.5, 0.6) is 11.5 Å². The molecule has 1 aliphatic rings. The Kier molecular flexibility index (Phi) is 3.23. The van der Waals surface area contributed by atoms with Gasteiger partial charge in [-0.25, -0.2) is 4.98 Å². The molecule has 0 amide bonds. The molecule has 116 valence electrons. The number of rotatable bonds is 3. The summed E-state index contributed by atoms with van der Waals surface area (Å²) in [6.45, 7) is 0.192. The molecule has 0 radical (unpaired) electrons. The maximum atomic E-state index is 11.3. The lowest BCUT2D eigenvalue weighted by Gasteiger charge is -2.05. The molecule has 4 rings (SSSR count). The van der Waals surface area contributed by atoms with Crippen LogP contribution in [-0.4, -0.2) is 27.3 Å². The quantitative estimate of drug-likeness (QED) is 0.713. The van der Waals surface area contributed by atoms with Gasteiger partial charge in [-0.2, -0.15) is 0 Å². The molecule has 0 saturated carbocycles. The number of carboxylic acids is 1. The highest BCUT2D eigenvalue weighted by molar-refractivity contribution is 9.10. The summed E-state index contributed by atoms with van der Waals surface area (Å²) >= 11 is 3.46. The van der Waals surface area contributed by atoms with Gasteiger partial charge in [0.05, 0.1) is 22.4 Å². The van der Waals surface area contributed by atoms with E-state index < -0.39 is 5.97 Å². The van der Waals surface area contributed by atoms with Crippen molar-refractivity contribution in [1.82, 2.24) is 9.38 Å². The van der Waals surface area contributed by atoms with E-state index in [1.807, 2.05) is 30.3 Å². The van der Waals surface area contributed by atoms with Gasteiger partial charge in [-0.3, -0.25) is 9.20 Å². The van der Waals surface area contributed by atoms with Crippen molar-refractivity contribution in [3.63, 3.8) is 0 Å². The van der Waals surface area contributed by atoms with Crippen LogP contribution in [0, 0.1) is 0 Å². The van der Waals surface area contributed by atoms with Crippen molar-refractivity contribution in [2.75, 3.05) is 6.79 Å². The van der Waals surface area contributed by atoms with Crippen LogP contribution >= 0.6 is 15.9 Å². The second-order valence-corrected chi connectivity index (χ2v) is 5.90. The lowest BCUT2D eigenvalue weighted by molar-refractivity contribution is -0.136. The van der Waals surface area contributed by atoms with Gasteiger partial charge in [0.25, 0.3) is 0 Å². The zero-order valence-corrected chi connectivity index (χ0v) is 13.4. The molecule has 0 bridgehead atoms. The molecular formula is C16H11BrN2O4. The predicted octanol–water partition coefficient (Wildman–Crippen LogP) is 3.12. The SMILES string of the molecule is O=C(O)Cc1c(-c2ccc3c(c2)OCO3)nc2cccc(Br)n12. The zero-order valence-electron chi connectivity index (χ0n) is 11.8. The number of fused-ring (bicyclic) bond motifs is 2. The van der Waals surface area contributed by atoms with Gasteiger partial charge in [0.1, 0.15) is 5.65 Å². The third-order valence-electron chi connectivity index (χ3n) is 3.66. The molecule has 0 aliphatic carbocycles. The van der Waals surface area contributed by atoms with E-state index in [0.717, 1.165) is 10.2 Å². The fraction of sp³-hybridized carbons (Fsp3) is 0.125. The van der Waals surface area contributed by atoms with E-state index in [-0.39, 0.29) is 13.2 Å². The Balaban J connectivity index is 1.95. The molecule has 1 aliphatic heterocycles. The van der Waals surface area contributed by atoms with Gasteiger partial charge in [-0.05, 0) is 46.3 Å². The molecule has 2 aromatic heterocycles. The Hall–Kier alpha value is -2.54. The summed E-state index contributed by atoms with van der Waals surface area (Å²) in [5.74, 6) is 0.405. The number of hydrogen-bond donors (Lipinski definition) is 1. The minimum absolute atomic E-state index is 0.131. The van der Waals surface area contributed by atoms with Gasteiger partial charge >= 0.3 is 5.97 Å².